The molecule has 0 N–H and O–H groups in total. The van der Waals surface area contributed by atoms with Gasteiger partial charge in [0.1, 0.15) is 5.82 Å². The van der Waals surface area contributed by atoms with E-state index in [4.69, 9.17) is 0 Å². The van der Waals surface area contributed by atoms with Crippen molar-refractivity contribution in [2.75, 3.05) is 0 Å². The highest BCUT2D eigenvalue weighted by Crippen LogP contribution is 1.99. The van der Waals surface area contributed by atoms with E-state index in [2.05, 4.69) is 46.0 Å². The van der Waals surface area contributed by atoms with Crippen LogP contribution in [0, 0.1) is 0 Å². The van der Waals surface area contributed by atoms with Crippen LogP contribution in [0.25, 0.3) is 12.2 Å². The number of hydrogen-bond donors (Lipinski definition) is 0. The van der Waals surface area contributed by atoms with E-state index in [0.29, 0.717) is 0 Å². The number of fused-ring (bicyclic) bond motifs is 2. The minimum atomic E-state index is 0.906. The van der Waals surface area contributed by atoms with Crippen molar-refractivity contribution in [3.8, 4) is 0 Å². The zero-order chi connectivity index (χ0) is 9.38. The van der Waals surface area contributed by atoms with E-state index < -0.39 is 0 Å². The predicted octanol–water partition coefficient (Wildman–Crippen LogP) is 0.506. The number of hydrogen-bond acceptors (Lipinski definition) is 1. The first kappa shape index (κ1) is 7.56. The van der Waals surface area contributed by atoms with Crippen LogP contribution in [0.3, 0.4) is 0 Å². The minimum absolute atomic E-state index is 0.906. The number of imidazole rings is 1. The standard InChI is InChI=1S/C12H10N2/c1-2-4-11-9-12-13-6-8-14(12)7-5-10(11)3-1/h1-6,8-9H,7H2. The Morgan fingerprint density at radius 1 is 1.14 bits per heavy atom. The molecule has 0 saturated carbocycles. The molecule has 68 valence electrons. The van der Waals surface area contributed by atoms with Gasteiger partial charge >= 0.3 is 0 Å². The summed E-state index contributed by atoms with van der Waals surface area (Å²) in [5, 5.41) is 2.54. The topological polar surface area (TPSA) is 17.8 Å². The van der Waals surface area contributed by atoms with Gasteiger partial charge in [0, 0.05) is 18.9 Å². The second-order valence-corrected chi connectivity index (χ2v) is 3.42. The maximum absolute atomic E-state index is 4.30. The largest absolute Gasteiger partial charge is 0.328 e. The second kappa shape index (κ2) is 2.84. The van der Waals surface area contributed by atoms with Crippen LogP contribution >= 0.6 is 0 Å². The molecule has 2 aromatic rings. The van der Waals surface area contributed by atoms with Gasteiger partial charge < -0.3 is 4.57 Å². The highest BCUT2D eigenvalue weighted by Gasteiger charge is 2.00. The first-order valence-corrected chi connectivity index (χ1v) is 4.71. The average molecular weight is 182 g/mol. The molecular weight excluding hydrogens is 172 g/mol. The van der Waals surface area contributed by atoms with Gasteiger partial charge in [0.2, 0.25) is 0 Å². The quantitative estimate of drug-likeness (QED) is 0.580. The SMILES string of the molecule is C1=c2ccccc2=Cc2nccn2C1. The lowest BCUT2D eigenvalue weighted by Crippen LogP contribution is -2.22. The second-order valence-electron chi connectivity index (χ2n) is 3.42. The zero-order valence-electron chi connectivity index (χ0n) is 7.72. The van der Waals surface area contributed by atoms with E-state index in [1.165, 1.54) is 10.4 Å². The number of benzene rings is 1. The lowest BCUT2D eigenvalue weighted by Gasteiger charge is -1.96. The Labute approximate surface area is 81.8 Å². The Bertz CT molecular complexity index is 578. The van der Waals surface area contributed by atoms with Gasteiger partial charge in [-0.15, -0.1) is 0 Å². The van der Waals surface area contributed by atoms with Crippen LogP contribution in [-0.4, -0.2) is 9.55 Å². The van der Waals surface area contributed by atoms with Crippen LogP contribution in [0.15, 0.2) is 36.7 Å². The molecular formula is C12H10N2. The van der Waals surface area contributed by atoms with Gasteiger partial charge in [0.05, 0.1) is 0 Å². The molecule has 0 amide bonds. The van der Waals surface area contributed by atoms with E-state index in [9.17, 15) is 0 Å². The summed E-state index contributed by atoms with van der Waals surface area (Å²) in [5.74, 6) is 1.03. The Kier molecular flexibility index (Phi) is 1.53. The number of aromatic nitrogens is 2. The van der Waals surface area contributed by atoms with Crippen LogP contribution in [-0.2, 0) is 6.54 Å². The first-order valence-electron chi connectivity index (χ1n) is 4.71. The fourth-order valence-electron chi connectivity index (χ4n) is 1.78. The molecule has 1 aromatic heterocycles. The molecule has 0 spiro atoms. The molecule has 0 saturated heterocycles. The van der Waals surface area contributed by atoms with Crippen LogP contribution in [0.1, 0.15) is 5.82 Å². The molecule has 3 rings (SSSR count). The molecule has 0 bridgehead atoms. The summed E-state index contributed by atoms with van der Waals surface area (Å²) in [6.07, 6.45) is 8.20. The summed E-state index contributed by atoms with van der Waals surface area (Å²) in [4.78, 5) is 4.30. The van der Waals surface area contributed by atoms with Crippen molar-refractivity contribution in [1.29, 1.82) is 0 Å². The van der Waals surface area contributed by atoms with Crippen molar-refractivity contribution in [2.45, 2.75) is 6.54 Å². The zero-order valence-corrected chi connectivity index (χ0v) is 7.72. The smallest absolute Gasteiger partial charge is 0.133 e. The third-order valence-corrected chi connectivity index (χ3v) is 2.54. The summed E-state index contributed by atoms with van der Waals surface area (Å²) in [7, 11) is 0. The average Bonchev–Trinajstić information content (AvgIpc) is 2.58. The lowest BCUT2D eigenvalue weighted by atomic mass is 10.2. The van der Waals surface area contributed by atoms with Gasteiger partial charge in [-0.25, -0.2) is 4.98 Å². The fraction of sp³-hybridized carbons (Fsp3) is 0.0833. The van der Waals surface area contributed by atoms with Crippen LogP contribution in [0.2, 0.25) is 0 Å². The van der Waals surface area contributed by atoms with Crippen molar-refractivity contribution in [3.63, 3.8) is 0 Å². The molecule has 1 aliphatic rings. The number of nitrogens with zero attached hydrogens (tertiary/aromatic N) is 2. The Hall–Kier alpha value is -1.83. The Balaban J connectivity index is 2.38. The molecule has 1 aromatic carbocycles. The van der Waals surface area contributed by atoms with E-state index in [1.54, 1.807) is 0 Å². The molecule has 2 heterocycles. The number of rotatable bonds is 0. The van der Waals surface area contributed by atoms with Crippen molar-refractivity contribution < 1.29 is 0 Å². The molecule has 0 fully saturated rings. The highest BCUT2D eigenvalue weighted by molar-refractivity contribution is 5.46. The van der Waals surface area contributed by atoms with Crippen molar-refractivity contribution in [1.82, 2.24) is 9.55 Å². The Morgan fingerprint density at radius 3 is 2.93 bits per heavy atom. The van der Waals surface area contributed by atoms with Crippen LogP contribution < -0.4 is 10.4 Å². The summed E-state index contributed by atoms with van der Waals surface area (Å²) >= 11 is 0. The third kappa shape index (κ3) is 1.08. The summed E-state index contributed by atoms with van der Waals surface area (Å²) in [6.45, 7) is 0.906. The van der Waals surface area contributed by atoms with E-state index in [-0.39, 0.29) is 0 Å². The minimum Gasteiger partial charge on any atom is -0.328 e. The van der Waals surface area contributed by atoms with Gasteiger partial charge in [0.25, 0.3) is 0 Å². The van der Waals surface area contributed by atoms with Gasteiger partial charge in [0.15, 0.2) is 0 Å². The first-order chi connectivity index (χ1) is 6.93. The molecule has 0 unspecified atom stereocenters. The molecule has 0 radical (unpaired) electrons. The van der Waals surface area contributed by atoms with Crippen molar-refractivity contribution in [2.24, 2.45) is 0 Å². The third-order valence-electron chi connectivity index (χ3n) is 2.54. The molecule has 0 aliphatic carbocycles. The van der Waals surface area contributed by atoms with E-state index in [1.807, 2.05) is 12.4 Å². The van der Waals surface area contributed by atoms with Crippen LogP contribution in [0.5, 0.6) is 0 Å². The van der Waals surface area contributed by atoms with Crippen LogP contribution in [0.4, 0.5) is 0 Å². The maximum Gasteiger partial charge on any atom is 0.133 e. The summed E-state index contributed by atoms with van der Waals surface area (Å²) in [6, 6.07) is 8.38. The molecule has 2 heteroatoms. The maximum atomic E-state index is 4.30. The van der Waals surface area contributed by atoms with Gasteiger partial charge in [-0.1, -0.05) is 30.3 Å². The summed E-state index contributed by atoms with van der Waals surface area (Å²) in [5.41, 5.74) is 0. The monoisotopic (exact) mass is 182 g/mol. The van der Waals surface area contributed by atoms with Crippen molar-refractivity contribution >= 4 is 12.2 Å². The normalized spacial score (nSPS) is 13.1. The van der Waals surface area contributed by atoms with E-state index in [0.717, 1.165) is 12.4 Å². The van der Waals surface area contributed by atoms with Gasteiger partial charge in [-0.3, -0.25) is 0 Å². The molecule has 2 nitrogen and oxygen atoms in total. The predicted molar refractivity (Wildman–Crippen MR) is 56.0 cm³/mol. The Morgan fingerprint density at radius 2 is 2.00 bits per heavy atom. The molecule has 14 heavy (non-hydrogen) atoms. The molecule has 0 atom stereocenters. The summed E-state index contributed by atoms with van der Waals surface area (Å²) < 4.78 is 2.14. The van der Waals surface area contributed by atoms with E-state index >= 15 is 0 Å². The lowest BCUT2D eigenvalue weighted by molar-refractivity contribution is 0.838. The van der Waals surface area contributed by atoms with Crippen molar-refractivity contribution in [3.05, 3.63) is 52.9 Å². The fourth-order valence-corrected chi connectivity index (χ4v) is 1.78. The highest BCUT2D eigenvalue weighted by atomic mass is 15.0. The van der Waals surface area contributed by atoms with Gasteiger partial charge in [-0.05, 0) is 16.5 Å². The van der Waals surface area contributed by atoms with Gasteiger partial charge in [-0.2, -0.15) is 0 Å². The molecule has 1 aliphatic heterocycles.